The van der Waals surface area contributed by atoms with E-state index in [0.717, 1.165) is 0 Å². The Bertz CT molecular complexity index is 823. The van der Waals surface area contributed by atoms with Crippen molar-refractivity contribution in [1.29, 1.82) is 0 Å². The maximum absolute atomic E-state index is 11.7. The third kappa shape index (κ3) is 5.03. The lowest BCUT2D eigenvalue weighted by Gasteiger charge is -2.07. The number of nitrogens with two attached hydrogens (primary N) is 1. The first-order valence-corrected chi connectivity index (χ1v) is 7.35. The first kappa shape index (κ1) is 16.9. The summed E-state index contributed by atoms with van der Waals surface area (Å²) >= 11 is 12.0. The van der Waals surface area contributed by atoms with Crippen molar-refractivity contribution in [2.24, 2.45) is 5.73 Å². The van der Waals surface area contributed by atoms with Gasteiger partial charge in [0.1, 0.15) is 6.42 Å². The molecular weight excluding hydrogens is 335 g/mol. The molecule has 0 radical (unpaired) electrons. The molecule has 0 saturated carbocycles. The van der Waals surface area contributed by atoms with Gasteiger partial charge in [-0.2, -0.15) is 0 Å². The zero-order valence-corrected chi connectivity index (χ0v) is 13.4. The fourth-order valence-electron chi connectivity index (χ4n) is 1.78. The lowest BCUT2D eigenvalue weighted by molar-refractivity contribution is -0.124. The molecule has 2 amide bonds. The van der Waals surface area contributed by atoms with Gasteiger partial charge in [0, 0.05) is 16.1 Å². The molecule has 0 aliphatic rings. The largest absolute Gasteiger partial charge is 0.369 e. The van der Waals surface area contributed by atoms with Gasteiger partial charge in [0.15, 0.2) is 0 Å². The number of benzene rings is 2. The molecule has 2 aromatic carbocycles. The van der Waals surface area contributed by atoms with Gasteiger partial charge in [-0.05, 0) is 30.3 Å². The number of primary amides is 1. The van der Waals surface area contributed by atoms with Crippen LogP contribution < -0.4 is 11.1 Å². The SMILES string of the molecule is NC(=O)CC(=O)Nc1ccc(Cl)cc1C#Cc1ccccc1Cl. The third-order valence-corrected chi connectivity index (χ3v) is 3.36. The summed E-state index contributed by atoms with van der Waals surface area (Å²) < 4.78 is 0. The molecule has 0 aromatic heterocycles. The molecule has 0 saturated heterocycles. The zero-order chi connectivity index (χ0) is 16.8. The molecule has 116 valence electrons. The van der Waals surface area contributed by atoms with Gasteiger partial charge in [0.25, 0.3) is 0 Å². The molecule has 6 heteroatoms. The van der Waals surface area contributed by atoms with E-state index in [0.29, 0.717) is 26.9 Å². The summed E-state index contributed by atoms with van der Waals surface area (Å²) in [6.07, 6.45) is -0.403. The predicted octanol–water partition coefficient (Wildman–Crippen LogP) is 3.21. The summed E-state index contributed by atoms with van der Waals surface area (Å²) in [5.41, 5.74) is 6.61. The highest BCUT2D eigenvalue weighted by Crippen LogP contribution is 2.21. The van der Waals surface area contributed by atoms with E-state index in [1.165, 1.54) is 0 Å². The summed E-state index contributed by atoms with van der Waals surface area (Å²) in [7, 11) is 0. The van der Waals surface area contributed by atoms with Crippen LogP contribution in [0.2, 0.25) is 10.0 Å². The monoisotopic (exact) mass is 346 g/mol. The lowest BCUT2D eigenvalue weighted by atomic mass is 10.1. The van der Waals surface area contributed by atoms with Crippen molar-refractivity contribution < 1.29 is 9.59 Å². The second-order valence-electron chi connectivity index (χ2n) is 4.61. The Balaban J connectivity index is 2.32. The van der Waals surface area contributed by atoms with Crippen molar-refractivity contribution in [3.8, 4) is 11.8 Å². The van der Waals surface area contributed by atoms with Crippen LogP contribution in [0.25, 0.3) is 0 Å². The summed E-state index contributed by atoms with van der Waals surface area (Å²) in [6, 6.07) is 12.0. The predicted molar refractivity (Wildman–Crippen MR) is 91.3 cm³/mol. The molecule has 0 unspecified atom stereocenters. The quantitative estimate of drug-likeness (QED) is 0.661. The van der Waals surface area contributed by atoms with Crippen molar-refractivity contribution in [2.45, 2.75) is 6.42 Å². The van der Waals surface area contributed by atoms with Gasteiger partial charge >= 0.3 is 0 Å². The van der Waals surface area contributed by atoms with Crippen molar-refractivity contribution >= 4 is 40.7 Å². The van der Waals surface area contributed by atoms with Gasteiger partial charge in [-0.3, -0.25) is 9.59 Å². The maximum Gasteiger partial charge on any atom is 0.233 e. The number of nitrogens with one attached hydrogen (secondary N) is 1. The number of carbonyl (C=O) groups is 2. The average molecular weight is 347 g/mol. The van der Waals surface area contributed by atoms with Gasteiger partial charge in [0.05, 0.1) is 10.7 Å². The number of amides is 2. The molecule has 2 rings (SSSR count). The fraction of sp³-hybridized carbons (Fsp3) is 0.0588. The van der Waals surface area contributed by atoms with Crippen LogP contribution in [0.4, 0.5) is 5.69 Å². The molecule has 23 heavy (non-hydrogen) atoms. The first-order valence-electron chi connectivity index (χ1n) is 6.60. The van der Waals surface area contributed by atoms with E-state index >= 15 is 0 Å². The van der Waals surface area contributed by atoms with E-state index in [4.69, 9.17) is 28.9 Å². The summed E-state index contributed by atoms with van der Waals surface area (Å²) in [6.45, 7) is 0. The molecular formula is C17H12Cl2N2O2. The minimum atomic E-state index is -0.708. The summed E-state index contributed by atoms with van der Waals surface area (Å²) in [4.78, 5) is 22.5. The Labute approximate surface area is 143 Å². The molecule has 0 aliphatic carbocycles. The number of hydrogen-bond acceptors (Lipinski definition) is 2. The highest BCUT2D eigenvalue weighted by molar-refractivity contribution is 6.31. The van der Waals surface area contributed by atoms with Crippen LogP contribution in [0.1, 0.15) is 17.5 Å². The molecule has 0 spiro atoms. The molecule has 4 nitrogen and oxygen atoms in total. The maximum atomic E-state index is 11.7. The van der Waals surface area contributed by atoms with Crippen LogP contribution >= 0.6 is 23.2 Å². The molecule has 0 bridgehead atoms. The molecule has 3 N–H and O–H groups in total. The third-order valence-electron chi connectivity index (χ3n) is 2.80. The number of halogens is 2. The highest BCUT2D eigenvalue weighted by Gasteiger charge is 2.09. The minimum absolute atomic E-state index is 0.403. The lowest BCUT2D eigenvalue weighted by Crippen LogP contribution is -2.21. The van der Waals surface area contributed by atoms with Crippen molar-refractivity contribution in [3.63, 3.8) is 0 Å². The van der Waals surface area contributed by atoms with E-state index in [9.17, 15) is 9.59 Å². The van der Waals surface area contributed by atoms with Crippen LogP contribution in [0.5, 0.6) is 0 Å². The normalized spacial score (nSPS) is 9.65. The van der Waals surface area contributed by atoms with E-state index in [1.54, 1.807) is 30.3 Å². The Hall–Kier alpha value is -2.48. The van der Waals surface area contributed by atoms with E-state index in [2.05, 4.69) is 17.2 Å². The molecule has 2 aromatic rings. The number of rotatable bonds is 3. The van der Waals surface area contributed by atoms with Crippen molar-refractivity contribution in [3.05, 3.63) is 63.6 Å². The average Bonchev–Trinajstić information content (AvgIpc) is 2.48. The number of hydrogen-bond donors (Lipinski definition) is 2. The van der Waals surface area contributed by atoms with Gasteiger partial charge in [-0.25, -0.2) is 0 Å². The van der Waals surface area contributed by atoms with Crippen LogP contribution in [0.15, 0.2) is 42.5 Å². The Kier molecular flexibility index (Phi) is 5.64. The van der Waals surface area contributed by atoms with Gasteiger partial charge in [-0.1, -0.05) is 47.2 Å². The van der Waals surface area contributed by atoms with Crippen LogP contribution in [-0.2, 0) is 9.59 Å². The summed E-state index contributed by atoms with van der Waals surface area (Å²) in [5, 5.41) is 3.59. The smallest absolute Gasteiger partial charge is 0.233 e. The van der Waals surface area contributed by atoms with Crippen molar-refractivity contribution in [1.82, 2.24) is 0 Å². The van der Waals surface area contributed by atoms with E-state index in [1.807, 2.05) is 12.1 Å². The second-order valence-corrected chi connectivity index (χ2v) is 5.45. The highest BCUT2D eigenvalue weighted by atomic mass is 35.5. The zero-order valence-electron chi connectivity index (χ0n) is 11.9. The van der Waals surface area contributed by atoms with Gasteiger partial charge in [0.2, 0.25) is 11.8 Å². The number of anilines is 1. The molecule has 0 heterocycles. The standard InChI is InChI=1S/C17H12Cl2N2O2/c18-13-7-8-15(21-17(23)10-16(20)22)12(9-13)6-5-11-3-1-2-4-14(11)19/h1-4,7-9H,10H2,(H2,20,22)(H,21,23). The van der Waals surface area contributed by atoms with Crippen LogP contribution in [-0.4, -0.2) is 11.8 Å². The Morgan fingerprint density at radius 3 is 2.43 bits per heavy atom. The molecule has 0 atom stereocenters. The number of carbonyl (C=O) groups excluding carboxylic acids is 2. The fourth-order valence-corrected chi connectivity index (χ4v) is 2.13. The first-order chi connectivity index (χ1) is 11.0. The Morgan fingerprint density at radius 2 is 1.74 bits per heavy atom. The van der Waals surface area contributed by atoms with Crippen molar-refractivity contribution in [2.75, 3.05) is 5.32 Å². The van der Waals surface area contributed by atoms with E-state index < -0.39 is 18.2 Å². The van der Waals surface area contributed by atoms with Gasteiger partial charge < -0.3 is 11.1 Å². The minimum Gasteiger partial charge on any atom is -0.369 e. The van der Waals surface area contributed by atoms with Crippen LogP contribution in [0, 0.1) is 11.8 Å². The molecule has 0 aliphatic heterocycles. The van der Waals surface area contributed by atoms with E-state index in [-0.39, 0.29) is 0 Å². The molecule has 0 fully saturated rings. The second kappa shape index (κ2) is 7.68. The van der Waals surface area contributed by atoms with Gasteiger partial charge in [-0.15, -0.1) is 0 Å². The topological polar surface area (TPSA) is 72.2 Å². The summed E-state index contributed by atoms with van der Waals surface area (Å²) in [5.74, 6) is 4.63. The Morgan fingerprint density at radius 1 is 1.04 bits per heavy atom. The van der Waals surface area contributed by atoms with Crippen LogP contribution in [0.3, 0.4) is 0 Å².